The molecule has 0 saturated heterocycles. The first-order valence-electron chi connectivity index (χ1n) is 10.9. The van der Waals surface area contributed by atoms with Gasteiger partial charge in [-0.05, 0) is 48.0 Å². The summed E-state index contributed by atoms with van der Waals surface area (Å²) in [7, 11) is -4.35. The summed E-state index contributed by atoms with van der Waals surface area (Å²) in [6.07, 6.45) is -1.18. The molecule has 0 aliphatic rings. The summed E-state index contributed by atoms with van der Waals surface area (Å²) in [6.45, 7) is 0.331. The van der Waals surface area contributed by atoms with Gasteiger partial charge in [0.2, 0.25) is 0 Å². The SMILES string of the molecule is O=C(NS(=O)(=O)c1ccccc1NC(=O)c1cccc(OCc2ccccc2)c1)Oc1ccccc1. The highest BCUT2D eigenvalue weighted by molar-refractivity contribution is 7.90. The minimum Gasteiger partial charge on any atom is -0.489 e. The van der Waals surface area contributed by atoms with Gasteiger partial charge in [-0.2, -0.15) is 0 Å². The molecule has 0 spiro atoms. The third-order valence-electron chi connectivity index (χ3n) is 4.94. The first-order valence-corrected chi connectivity index (χ1v) is 12.4. The van der Waals surface area contributed by atoms with E-state index in [0.717, 1.165) is 5.56 Å². The summed E-state index contributed by atoms with van der Waals surface area (Å²) in [5.41, 5.74) is 1.24. The summed E-state index contributed by atoms with van der Waals surface area (Å²) < 4.78 is 38.3. The number of carbonyl (C=O) groups is 2. The Labute approximate surface area is 208 Å². The summed E-state index contributed by atoms with van der Waals surface area (Å²) in [5, 5.41) is 2.59. The minimum absolute atomic E-state index is 0.00174. The number of anilines is 1. The lowest BCUT2D eigenvalue weighted by molar-refractivity contribution is 0.102. The fourth-order valence-corrected chi connectivity index (χ4v) is 4.29. The van der Waals surface area contributed by atoms with Gasteiger partial charge in [0.25, 0.3) is 15.9 Å². The molecule has 0 bridgehead atoms. The molecule has 4 aromatic carbocycles. The molecule has 0 aliphatic carbocycles. The van der Waals surface area contributed by atoms with Crippen LogP contribution in [-0.4, -0.2) is 20.4 Å². The van der Waals surface area contributed by atoms with E-state index in [1.165, 1.54) is 30.3 Å². The summed E-state index contributed by atoms with van der Waals surface area (Å²) in [6, 6.07) is 29.9. The van der Waals surface area contributed by atoms with Gasteiger partial charge in [-0.3, -0.25) is 4.79 Å². The van der Waals surface area contributed by atoms with Crippen LogP contribution < -0.4 is 19.5 Å². The molecule has 8 nitrogen and oxygen atoms in total. The number of hydrogen-bond acceptors (Lipinski definition) is 6. The predicted octanol–water partition coefficient (Wildman–Crippen LogP) is 5.00. The van der Waals surface area contributed by atoms with Gasteiger partial charge >= 0.3 is 6.09 Å². The van der Waals surface area contributed by atoms with Crippen molar-refractivity contribution < 1.29 is 27.5 Å². The first-order chi connectivity index (χ1) is 17.4. The normalized spacial score (nSPS) is 10.8. The number of amides is 2. The van der Waals surface area contributed by atoms with E-state index >= 15 is 0 Å². The van der Waals surface area contributed by atoms with Crippen molar-refractivity contribution in [1.82, 2.24) is 4.72 Å². The Balaban J connectivity index is 1.46. The number of benzene rings is 4. The molecule has 4 aromatic rings. The maximum Gasteiger partial charge on any atom is 0.426 e. The zero-order valence-corrected chi connectivity index (χ0v) is 19.8. The average Bonchev–Trinajstić information content (AvgIpc) is 2.89. The highest BCUT2D eigenvalue weighted by Crippen LogP contribution is 2.23. The smallest absolute Gasteiger partial charge is 0.426 e. The molecule has 0 aliphatic heterocycles. The summed E-state index contributed by atoms with van der Waals surface area (Å²) >= 11 is 0. The zero-order chi connectivity index (χ0) is 25.4. The molecule has 4 rings (SSSR count). The fraction of sp³-hybridized carbons (Fsp3) is 0.0370. The topological polar surface area (TPSA) is 111 Å². The van der Waals surface area contributed by atoms with Gasteiger partial charge in [-0.25, -0.2) is 17.9 Å². The molecule has 0 unspecified atom stereocenters. The van der Waals surface area contributed by atoms with E-state index in [4.69, 9.17) is 9.47 Å². The molecule has 0 atom stereocenters. The molecular weight excluding hydrogens is 480 g/mol. The Morgan fingerprint density at radius 2 is 1.36 bits per heavy atom. The van der Waals surface area contributed by atoms with Crippen LogP contribution in [-0.2, 0) is 16.6 Å². The van der Waals surface area contributed by atoms with E-state index < -0.39 is 22.0 Å². The van der Waals surface area contributed by atoms with Crippen molar-refractivity contribution in [1.29, 1.82) is 0 Å². The van der Waals surface area contributed by atoms with Crippen LogP contribution in [0.4, 0.5) is 10.5 Å². The number of hydrogen-bond donors (Lipinski definition) is 2. The second kappa shape index (κ2) is 11.2. The van der Waals surface area contributed by atoms with Crippen LogP contribution in [0.1, 0.15) is 15.9 Å². The molecule has 0 fully saturated rings. The van der Waals surface area contributed by atoms with Gasteiger partial charge in [-0.15, -0.1) is 0 Å². The van der Waals surface area contributed by atoms with Crippen molar-refractivity contribution in [3.05, 3.63) is 120 Å². The van der Waals surface area contributed by atoms with Crippen LogP contribution in [0.2, 0.25) is 0 Å². The molecule has 36 heavy (non-hydrogen) atoms. The van der Waals surface area contributed by atoms with Crippen molar-refractivity contribution in [2.45, 2.75) is 11.5 Å². The van der Waals surface area contributed by atoms with Crippen LogP contribution in [0, 0.1) is 0 Å². The Morgan fingerprint density at radius 3 is 2.11 bits per heavy atom. The first kappa shape index (κ1) is 24.5. The number of para-hydroxylation sites is 2. The fourth-order valence-electron chi connectivity index (χ4n) is 3.25. The van der Waals surface area contributed by atoms with E-state index in [1.807, 2.05) is 35.1 Å². The Bertz CT molecular complexity index is 1460. The van der Waals surface area contributed by atoms with Crippen LogP contribution >= 0.6 is 0 Å². The Hall–Kier alpha value is -4.63. The molecule has 182 valence electrons. The van der Waals surface area contributed by atoms with E-state index in [0.29, 0.717) is 12.4 Å². The lowest BCUT2D eigenvalue weighted by Gasteiger charge is -2.13. The Morgan fingerprint density at radius 1 is 0.722 bits per heavy atom. The van der Waals surface area contributed by atoms with Crippen molar-refractivity contribution in [3.63, 3.8) is 0 Å². The second-order valence-electron chi connectivity index (χ2n) is 7.56. The van der Waals surface area contributed by atoms with Crippen LogP contribution in [0.25, 0.3) is 0 Å². The van der Waals surface area contributed by atoms with Crippen LogP contribution in [0.5, 0.6) is 11.5 Å². The highest BCUT2D eigenvalue weighted by Gasteiger charge is 2.23. The van der Waals surface area contributed by atoms with Gasteiger partial charge in [0.1, 0.15) is 23.0 Å². The molecule has 0 aromatic heterocycles. The molecule has 0 saturated carbocycles. The van der Waals surface area contributed by atoms with Gasteiger partial charge < -0.3 is 14.8 Å². The molecule has 2 amide bonds. The molecule has 0 heterocycles. The predicted molar refractivity (Wildman–Crippen MR) is 134 cm³/mol. The largest absolute Gasteiger partial charge is 0.489 e. The van der Waals surface area contributed by atoms with E-state index in [1.54, 1.807) is 48.5 Å². The summed E-state index contributed by atoms with van der Waals surface area (Å²) in [4.78, 5) is 24.8. The standard InChI is InChI=1S/C27H22N2O6S/c30-26(21-12-9-15-23(18-21)34-19-20-10-3-1-4-11-20)28-24-16-7-8-17-25(24)36(32,33)29-27(31)35-22-13-5-2-6-14-22/h1-18H,19H2,(H,28,30)(H,29,31). The van der Waals surface area contributed by atoms with Crippen LogP contribution in [0.3, 0.4) is 0 Å². The third-order valence-corrected chi connectivity index (χ3v) is 6.31. The molecular formula is C27H22N2O6S. The lowest BCUT2D eigenvalue weighted by atomic mass is 10.2. The maximum atomic E-state index is 12.9. The van der Waals surface area contributed by atoms with Gasteiger partial charge in [0.05, 0.1) is 5.69 Å². The second-order valence-corrected chi connectivity index (χ2v) is 9.21. The number of carbonyl (C=O) groups excluding carboxylic acids is 2. The monoisotopic (exact) mass is 502 g/mol. The van der Waals surface area contributed by atoms with Crippen molar-refractivity contribution in [3.8, 4) is 11.5 Å². The maximum absolute atomic E-state index is 12.9. The van der Waals surface area contributed by atoms with Gasteiger partial charge in [0, 0.05) is 5.56 Å². The van der Waals surface area contributed by atoms with Crippen molar-refractivity contribution >= 4 is 27.7 Å². The third kappa shape index (κ3) is 6.49. The van der Waals surface area contributed by atoms with Crippen LogP contribution in [0.15, 0.2) is 114 Å². The lowest BCUT2D eigenvalue weighted by Crippen LogP contribution is -2.33. The quantitative estimate of drug-likeness (QED) is 0.351. The van der Waals surface area contributed by atoms with E-state index in [2.05, 4.69) is 5.32 Å². The minimum atomic E-state index is -4.35. The average molecular weight is 503 g/mol. The van der Waals surface area contributed by atoms with E-state index in [-0.39, 0.29) is 21.9 Å². The number of rotatable bonds is 8. The molecule has 0 radical (unpaired) electrons. The number of nitrogens with one attached hydrogen (secondary N) is 2. The van der Waals surface area contributed by atoms with Crippen molar-refractivity contribution in [2.75, 3.05) is 5.32 Å². The zero-order valence-electron chi connectivity index (χ0n) is 19.0. The van der Waals surface area contributed by atoms with E-state index in [9.17, 15) is 18.0 Å². The summed E-state index contributed by atoms with van der Waals surface area (Å²) in [5.74, 6) is 0.119. The molecule has 9 heteroatoms. The number of ether oxygens (including phenoxy) is 2. The highest BCUT2D eigenvalue weighted by atomic mass is 32.2. The number of sulfonamides is 1. The van der Waals surface area contributed by atoms with Gasteiger partial charge in [0.15, 0.2) is 0 Å². The Kier molecular flexibility index (Phi) is 7.62. The molecule has 2 N–H and O–H groups in total. The van der Waals surface area contributed by atoms with Crippen molar-refractivity contribution in [2.24, 2.45) is 0 Å². The van der Waals surface area contributed by atoms with Gasteiger partial charge in [-0.1, -0.05) is 66.7 Å².